The predicted molar refractivity (Wildman–Crippen MR) is 157 cm³/mol. The van der Waals surface area contributed by atoms with Gasteiger partial charge in [0.2, 0.25) is 0 Å². The van der Waals surface area contributed by atoms with Crippen molar-refractivity contribution in [2.24, 2.45) is 5.92 Å². The van der Waals surface area contributed by atoms with E-state index in [4.69, 9.17) is 36.9 Å². The lowest BCUT2D eigenvalue weighted by molar-refractivity contribution is -0.0515. The van der Waals surface area contributed by atoms with Crippen LogP contribution in [0.3, 0.4) is 0 Å². The predicted octanol–water partition coefficient (Wildman–Crippen LogP) is 6.19. The topological polar surface area (TPSA) is 104 Å². The summed E-state index contributed by atoms with van der Waals surface area (Å²) in [6, 6.07) is 9.71. The van der Waals surface area contributed by atoms with Crippen LogP contribution in [0.15, 0.2) is 54.9 Å². The van der Waals surface area contributed by atoms with Gasteiger partial charge in [-0.2, -0.15) is 17.2 Å². The molecule has 9 nitrogen and oxygen atoms in total. The van der Waals surface area contributed by atoms with E-state index in [0.29, 0.717) is 23.7 Å². The summed E-state index contributed by atoms with van der Waals surface area (Å²) >= 11 is 12.7. The summed E-state index contributed by atoms with van der Waals surface area (Å²) in [6.45, 7) is -2.45. The molecule has 0 N–H and O–H groups in total. The maximum Gasteiger partial charge on any atom is 0.387 e. The molecule has 0 saturated heterocycles. The number of nitrogens with zero attached hydrogens (tertiary/aromatic N) is 2. The zero-order chi connectivity index (χ0) is 31.1. The van der Waals surface area contributed by atoms with Crippen molar-refractivity contribution in [3.05, 3.63) is 81.6 Å². The van der Waals surface area contributed by atoms with Gasteiger partial charge in [-0.3, -0.25) is 4.98 Å². The lowest BCUT2D eigenvalue weighted by Crippen LogP contribution is -2.24. The Balaban J connectivity index is 1.58. The molecular weight excluding hydrogens is 629 g/mol. The van der Waals surface area contributed by atoms with Gasteiger partial charge in [0.25, 0.3) is 0 Å². The highest BCUT2D eigenvalue weighted by atomic mass is 35.5. The van der Waals surface area contributed by atoms with Gasteiger partial charge < -0.3 is 23.3 Å². The number of rotatable bonds is 15. The number of benzene rings is 2. The van der Waals surface area contributed by atoms with Crippen LogP contribution in [0.4, 0.5) is 8.78 Å². The molecule has 1 fully saturated rings. The second-order valence-corrected chi connectivity index (χ2v) is 12.7. The van der Waals surface area contributed by atoms with Crippen molar-refractivity contribution in [2.45, 2.75) is 32.0 Å². The molecule has 0 amide bonds. The van der Waals surface area contributed by atoms with Gasteiger partial charge in [0.05, 0.1) is 28.0 Å². The van der Waals surface area contributed by atoms with Crippen LogP contribution in [-0.4, -0.2) is 63.9 Å². The Hall–Kier alpha value is -3.19. The maximum atomic E-state index is 13.3. The van der Waals surface area contributed by atoms with E-state index in [1.54, 1.807) is 19.0 Å². The number of hydrogen-bond acceptors (Lipinski definition) is 9. The highest BCUT2D eigenvalue weighted by molar-refractivity contribution is 7.87. The Labute approximate surface area is 258 Å². The van der Waals surface area contributed by atoms with E-state index in [-0.39, 0.29) is 51.6 Å². The normalized spacial score (nSPS) is 14.0. The van der Waals surface area contributed by atoms with Gasteiger partial charge in [-0.25, -0.2) is 4.79 Å². The van der Waals surface area contributed by atoms with Crippen LogP contribution >= 0.6 is 23.2 Å². The number of hydrogen-bond donors (Lipinski definition) is 0. The maximum absolute atomic E-state index is 13.3. The number of carbonyl (C=O) groups is 1. The fourth-order valence-corrected chi connectivity index (χ4v) is 5.49. The van der Waals surface area contributed by atoms with Crippen LogP contribution in [0.1, 0.15) is 40.4 Å². The lowest BCUT2D eigenvalue weighted by Gasteiger charge is -2.21. The lowest BCUT2D eigenvalue weighted by atomic mass is 10.0. The average Bonchev–Trinajstić information content (AvgIpc) is 3.77. The third-order valence-electron chi connectivity index (χ3n) is 6.42. The van der Waals surface area contributed by atoms with Crippen LogP contribution in [0.25, 0.3) is 0 Å². The molecule has 1 atom stereocenters. The largest absolute Gasteiger partial charge is 0.489 e. The van der Waals surface area contributed by atoms with Gasteiger partial charge >= 0.3 is 22.7 Å². The molecule has 0 bridgehead atoms. The molecule has 0 spiro atoms. The Kier molecular flexibility index (Phi) is 11.0. The molecule has 1 aliphatic carbocycles. The number of carbonyl (C=O) groups excluding carboxylic acids is 1. The molecule has 4 rings (SSSR count). The first-order chi connectivity index (χ1) is 20.4. The summed E-state index contributed by atoms with van der Waals surface area (Å²) in [7, 11) is -0.352. The molecule has 1 saturated carbocycles. The van der Waals surface area contributed by atoms with Crippen LogP contribution < -0.4 is 13.7 Å². The summed E-state index contributed by atoms with van der Waals surface area (Å²) in [5.74, 6) is -0.661. The molecule has 0 unspecified atom stereocenters. The van der Waals surface area contributed by atoms with Gasteiger partial charge in [-0.15, -0.1) is 0 Å². The Morgan fingerprint density at radius 3 is 2.33 bits per heavy atom. The Morgan fingerprint density at radius 2 is 1.72 bits per heavy atom. The van der Waals surface area contributed by atoms with Crippen molar-refractivity contribution >= 4 is 39.3 Å². The number of alkyl halides is 2. The Morgan fingerprint density at radius 1 is 1.05 bits per heavy atom. The zero-order valence-corrected chi connectivity index (χ0v) is 25.7. The summed E-state index contributed by atoms with van der Waals surface area (Å²) in [5, 5.41) is 0.488. The highest BCUT2D eigenvalue weighted by Gasteiger charge is 2.26. The van der Waals surface area contributed by atoms with Crippen LogP contribution in [-0.2, 0) is 21.3 Å². The van der Waals surface area contributed by atoms with Crippen LogP contribution in [0, 0.1) is 5.92 Å². The number of esters is 1. The molecular formula is C29H30Cl2F2N2O7S. The van der Waals surface area contributed by atoms with Gasteiger partial charge in [0.1, 0.15) is 11.9 Å². The fourth-order valence-electron chi connectivity index (χ4n) is 3.90. The first-order valence-electron chi connectivity index (χ1n) is 13.3. The standard InChI is InChI=1S/C29H30Cl2F2N2O7S/c1-35(2)11-12-43(37,38)42-21-8-5-19(6-9-21)28(36)40-26(14-22-23(30)15-34-16-24(22)31)20-7-10-25(41-29(32)33)27(13-20)39-17-18-3-4-18/h5-10,13,15-16,18,26,29H,3-4,11-12,14,17H2,1-2H3/t26-/m0/s1. The van der Waals surface area contributed by atoms with Crippen LogP contribution in [0.2, 0.25) is 10.0 Å². The van der Waals surface area contributed by atoms with Crippen molar-refractivity contribution in [3.63, 3.8) is 0 Å². The first kappa shape index (κ1) is 32.7. The van der Waals surface area contributed by atoms with Crippen molar-refractivity contribution in [1.82, 2.24) is 9.88 Å². The molecule has 0 aliphatic heterocycles. The SMILES string of the molecule is CN(C)CCS(=O)(=O)Oc1ccc(C(=O)O[C@@H](Cc2c(Cl)cncc2Cl)c2ccc(OC(F)F)c(OCC3CC3)c2)cc1. The minimum absolute atomic E-state index is 0.0222. The first-order valence-corrected chi connectivity index (χ1v) is 15.6. The Bertz CT molecular complexity index is 1500. The molecule has 1 aromatic heterocycles. The molecule has 3 aromatic rings. The van der Waals surface area contributed by atoms with Crippen molar-refractivity contribution in [2.75, 3.05) is 33.0 Å². The van der Waals surface area contributed by atoms with Gasteiger partial charge in [0, 0.05) is 25.4 Å². The number of aromatic nitrogens is 1. The quantitative estimate of drug-likeness (QED) is 0.140. The molecule has 232 valence electrons. The fraction of sp³-hybridized carbons (Fsp3) is 0.379. The second-order valence-electron chi connectivity index (χ2n) is 10.2. The molecule has 43 heavy (non-hydrogen) atoms. The van der Waals surface area contributed by atoms with E-state index in [9.17, 15) is 22.0 Å². The van der Waals surface area contributed by atoms with Crippen LogP contribution in [0.5, 0.6) is 17.2 Å². The monoisotopic (exact) mass is 658 g/mol. The molecule has 0 radical (unpaired) electrons. The average molecular weight is 660 g/mol. The smallest absolute Gasteiger partial charge is 0.387 e. The van der Waals surface area contributed by atoms with E-state index < -0.39 is 28.8 Å². The summed E-state index contributed by atoms with van der Waals surface area (Å²) in [5.41, 5.74) is 0.977. The molecule has 1 heterocycles. The van der Waals surface area contributed by atoms with E-state index in [0.717, 1.165) is 12.8 Å². The third-order valence-corrected chi connectivity index (χ3v) is 8.20. The summed E-state index contributed by atoms with van der Waals surface area (Å²) in [4.78, 5) is 18.9. The summed E-state index contributed by atoms with van der Waals surface area (Å²) < 4.78 is 72.0. The highest BCUT2D eigenvalue weighted by Crippen LogP contribution is 2.38. The van der Waals surface area contributed by atoms with Gasteiger partial charge in [-0.05, 0) is 80.4 Å². The number of ether oxygens (including phenoxy) is 3. The molecule has 1 aliphatic rings. The number of halogens is 4. The van der Waals surface area contributed by atoms with E-state index in [1.807, 2.05) is 0 Å². The number of pyridine rings is 1. The van der Waals surface area contributed by atoms with Crippen molar-refractivity contribution in [1.29, 1.82) is 0 Å². The van der Waals surface area contributed by atoms with Gasteiger partial charge in [0.15, 0.2) is 11.5 Å². The second kappa shape index (κ2) is 14.5. The zero-order valence-electron chi connectivity index (χ0n) is 23.3. The third kappa shape index (κ3) is 9.92. The van der Waals surface area contributed by atoms with E-state index >= 15 is 0 Å². The van der Waals surface area contributed by atoms with Gasteiger partial charge in [-0.1, -0.05) is 29.3 Å². The summed E-state index contributed by atoms with van der Waals surface area (Å²) in [6.07, 6.45) is 3.80. The minimum Gasteiger partial charge on any atom is -0.489 e. The minimum atomic E-state index is -3.84. The molecule has 2 aromatic carbocycles. The molecule has 14 heteroatoms. The van der Waals surface area contributed by atoms with E-state index in [1.165, 1.54) is 54.9 Å². The van der Waals surface area contributed by atoms with E-state index in [2.05, 4.69) is 9.72 Å². The van der Waals surface area contributed by atoms with Crippen molar-refractivity contribution < 1.29 is 40.4 Å². The van der Waals surface area contributed by atoms with Crippen molar-refractivity contribution in [3.8, 4) is 17.2 Å².